The fourth-order valence-corrected chi connectivity index (χ4v) is 3.30. The molecule has 28 heavy (non-hydrogen) atoms. The van der Waals surface area contributed by atoms with Gasteiger partial charge in [0.15, 0.2) is 17.5 Å². The maximum absolute atomic E-state index is 12.6. The van der Waals surface area contributed by atoms with E-state index in [1.54, 1.807) is 23.5 Å². The first-order chi connectivity index (χ1) is 13.5. The maximum atomic E-state index is 12.6. The molecule has 0 atom stereocenters. The van der Waals surface area contributed by atoms with Crippen molar-refractivity contribution >= 4 is 17.3 Å². The Morgan fingerprint density at radius 1 is 1.25 bits per heavy atom. The lowest BCUT2D eigenvalue weighted by atomic mass is 10.2. The van der Waals surface area contributed by atoms with E-state index in [2.05, 4.69) is 32.3 Å². The summed E-state index contributed by atoms with van der Waals surface area (Å²) < 4.78 is 34.7. The molecule has 0 aliphatic heterocycles. The number of thiazole rings is 1. The van der Waals surface area contributed by atoms with Crippen molar-refractivity contribution in [1.82, 2.24) is 15.6 Å². The summed E-state index contributed by atoms with van der Waals surface area (Å²) in [6.45, 7) is 2.91. The van der Waals surface area contributed by atoms with Crippen LogP contribution in [-0.2, 0) is 19.4 Å². The van der Waals surface area contributed by atoms with Crippen molar-refractivity contribution in [3.63, 3.8) is 0 Å². The summed E-state index contributed by atoms with van der Waals surface area (Å²) in [6, 6.07) is 4.88. The standard InChI is InChI=1S/C19H26F2N4O2S/c1-4-14-12-24-17(28-14)8-9-23-19(22-5-2)25-11-13-6-7-15(26-3)16(10-13)27-18(20)21/h6-7,10,12,18H,4-5,8-9,11H2,1-3H3,(H2,22,23,25). The van der Waals surface area contributed by atoms with E-state index in [1.165, 1.54) is 18.1 Å². The van der Waals surface area contributed by atoms with Gasteiger partial charge < -0.3 is 20.1 Å². The predicted molar refractivity (Wildman–Crippen MR) is 108 cm³/mol. The molecule has 2 N–H and O–H groups in total. The van der Waals surface area contributed by atoms with Gasteiger partial charge in [-0.1, -0.05) is 13.0 Å². The molecule has 0 bridgehead atoms. The van der Waals surface area contributed by atoms with Crippen LogP contribution in [0.4, 0.5) is 8.78 Å². The number of rotatable bonds is 10. The van der Waals surface area contributed by atoms with Gasteiger partial charge in [-0.15, -0.1) is 11.3 Å². The highest BCUT2D eigenvalue weighted by Gasteiger charge is 2.11. The summed E-state index contributed by atoms with van der Waals surface area (Å²) in [5.41, 5.74) is 0.737. The van der Waals surface area contributed by atoms with E-state index in [9.17, 15) is 8.78 Å². The van der Waals surface area contributed by atoms with Gasteiger partial charge in [-0.25, -0.2) is 9.98 Å². The zero-order valence-electron chi connectivity index (χ0n) is 16.3. The molecule has 9 heteroatoms. The van der Waals surface area contributed by atoms with Crippen molar-refractivity contribution in [1.29, 1.82) is 0 Å². The average molecular weight is 413 g/mol. The molecule has 1 aromatic carbocycles. The van der Waals surface area contributed by atoms with Gasteiger partial charge in [0.2, 0.25) is 0 Å². The molecule has 1 aromatic heterocycles. The van der Waals surface area contributed by atoms with Crippen LogP contribution in [0.5, 0.6) is 11.5 Å². The average Bonchev–Trinajstić information content (AvgIpc) is 3.14. The van der Waals surface area contributed by atoms with Gasteiger partial charge in [0.1, 0.15) is 0 Å². The molecule has 0 amide bonds. The number of aliphatic imine (C=N–C) groups is 1. The highest BCUT2D eigenvalue weighted by atomic mass is 32.1. The lowest BCUT2D eigenvalue weighted by molar-refractivity contribution is -0.0512. The number of guanidine groups is 1. The fraction of sp³-hybridized carbons (Fsp3) is 0.474. The van der Waals surface area contributed by atoms with E-state index in [-0.39, 0.29) is 11.5 Å². The Morgan fingerprint density at radius 2 is 2.07 bits per heavy atom. The number of benzene rings is 1. The fourth-order valence-electron chi connectivity index (χ4n) is 2.43. The normalized spacial score (nSPS) is 11.6. The van der Waals surface area contributed by atoms with E-state index < -0.39 is 6.61 Å². The van der Waals surface area contributed by atoms with Gasteiger partial charge in [-0.05, 0) is 31.0 Å². The molecule has 0 saturated carbocycles. The number of aryl methyl sites for hydroxylation is 1. The molecule has 6 nitrogen and oxygen atoms in total. The van der Waals surface area contributed by atoms with Gasteiger partial charge in [0, 0.05) is 30.6 Å². The Labute approximate surface area is 168 Å². The minimum atomic E-state index is -2.91. The first-order valence-corrected chi connectivity index (χ1v) is 9.94. The lowest BCUT2D eigenvalue weighted by Gasteiger charge is -2.12. The first-order valence-electron chi connectivity index (χ1n) is 9.13. The monoisotopic (exact) mass is 412 g/mol. The van der Waals surface area contributed by atoms with E-state index in [0.717, 1.165) is 23.4 Å². The van der Waals surface area contributed by atoms with E-state index in [0.29, 0.717) is 25.6 Å². The molecule has 0 spiro atoms. The molecule has 0 saturated heterocycles. The summed E-state index contributed by atoms with van der Waals surface area (Å²) in [5, 5.41) is 7.52. The molecule has 0 aliphatic rings. The van der Waals surface area contributed by atoms with Crippen LogP contribution in [0.3, 0.4) is 0 Å². The third kappa shape index (κ3) is 6.95. The summed E-state index contributed by atoms with van der Waals surface area (Å²) in [4.78, 5) is 10.2. The van der Waals surface area contributed by atoms with Crippen molar-refractivity contribution in [2.24, 2.45) is 4.99 Å². The van der Waals surface area contributed by atoms with Crippen LogP contribution in [0, 0.1) is 0 Å². The Morgan fingerprint density at radius 3 is 2.71 bits per heavy atom. The second-order valence-electron chi connectivity index (χ2n) is 5.81. The van der Waals surface area contributed by atoms with Crippen LogP contribution in [0.25, 0.3) is 0 Å². The zero-order chi connectivity index (χ0) is 20.4. The van der Waals surface area contributed by atoms with Gasteiger partial charge >= 0.3 is 6.61 Å². The maximum Gasteiger partial charge on any atom is 0.387 e. The van der Waals surface area contributed by atoms with Crippen LogP contribution < -0.4 is 20.1 Å². The van der Waals surface area contributed by atoms with Crippen LogP contribution in [0.2, 0.25) is 0 Å². The Bertz CT molecular complexity index is 768. The van der Waals surface area contributed by atoms with Crippen LogP contribution >= 0.6 is 11.3 Å². The lowest BCUT2D eigenvalue weighted by Crippen LogP contribution is -2.38. The van der Waals surface area contributed by atoms with Crippen LogP contribution in [-0.4, -0.2) is 37.8 Å². The van der Waals surface area contributed by atoms with E-state index in [1.807, 2.05) is 13.1 Å². The molecule has 0 fully saturated rings. The smallest absolute Gasteiger partial charge is 0.387 e. The number of hydrogen-bond donors (Lipinski definition) is 2. The first kappa shape index (κ1) is 21.9. The largest absolute Gasteiger partial charge is 0.493 e. The molecule has 1 heterocycles. The predicted octanol–water partition coefficient (Wildman–Crippen LogP) is 3.61. The second kappa shape index (κ2) is 11.4. The van der Waals surface area contributed by atoms with Gasteiger partial charge in [-0.2, -0.15) is 8.78 Å². The number of aromatic nitrogens is 1. The van der Waals surface area contributed by atoms with Gasteiger partial charge in [-0.3, -0.25) is 0 Å². The number of hydrogen-bond acceptors (Lipinski definition) is 5. The minimum Gasteiger partial charge on any atom is -0.493 e. The van der Waals surface area contributed by atoms with Crippen molar-refractivity contribution in [2.75, 3.05) is 20.2 Å². The van der Waals surface area contributed by atoms with Gasteiger partial charge in [0.05, 0.1) is 18.7 Å². The molecular weight excluding hydrogens is 386 g/mol. The molecule has 0 unspecified atom stereocenters. The topological polar surface area (TPSA) is 67.8 Å². The Balaban J connectivity index is 1.97. The highest BCUT2D eigenvalue weighted by molar-refractivity contribution is 7.11. The van der Waals surface area contributed by atoms with Gasteiger partial charge in [0.25, 0.3) is 0 Å². The third-order valence-electron chi connectivity index (χ3n) is 3.79. The second-order valence-corrected chi connectivity index (χ2v) is 7.01. The van der Waals surface area contributed by atoms with Crippen LogP contribution in [0.1, 0.15) is 29.3 Å². The van der Waals surface area contributed by atoms with Crippen molar-refractivity contribution in [2.45, 2.75) is 39.8 Å². The molecule has 154 valence electrons. The summed E-state index contributed by atoms with van der Waals surface area (Å²) in [6.07, 6.45) is 3.72. The summed E-state index contributed by atoms with van der Waals surface area (Å²) >= 11 is 1.72. The van der Waals surface area contributed by atoms with Crippen molar-refractivity contribution in [3.05, 3.63) is 39.8 Å². The quantitative estimate of drug-likeness (QED) is 0.461. The number of halogens is 2. The number of nitrogens with zero attached hydrogens (tertiary/aromatic N) is 2. The zero-order valence-corrected chi connectivity index (χ0v) is 17.1. The van der Waals surface area contributed by atoms with E-state index in [4.69, 9.17) is 4.74 Å². The van der Waals surface area contributed by atoms with Crippen molar-refractivity contribution in [3.8, 4) is 11.5 Å². The summed E-state index contributed by atoms with van der Waals surface area (Å²) in [5.74, 6) is 0.911. The number of alkyl halides is 2. The SMILES string of the molecule is CCNC(=NCc1ccc(OC)c(OC(F)F)c1)NCCc1ncc(CC)s1. The molecule has 2 rings (SSSR count). The Hall–Kier alpha value is -2.42. The number of nitrogens with one attached hydrogen (secondary N) is 2. The molecular formula is C19H26F2N4O2S. The van der Waals surface area contributed by atoms with E-state index >= 15 is 0 Å². The molecule has 0 radical (unpaired) electrons. The molecule has 2 aromatic rings. The van der Waals surface area contributed by atoms with Crippen LogP contribution in [0.15, 0.2) is 29.4 Å². The summed E-state index contributed by atoms with van der Waals surface area (Å²) in [7, 11) is 1.41. The number of ether oxygens (including phenoxy) is 2. The highest BCUT2D eigenvalue weighted by Crippen LogP contribution is 2.29. The third-order valence-corrected chi connectivity index (χ3v) is 4.99. The Kier molecular flexibility index (Phi) is 8.93. The van der Waals surface area contributed by atoms with Crippen molar-refractivity contribution < 1.29 is 18.3 Å². The minimum absolute atomic E-state index is 0.00124. The molecule has 0 aliphatic carbocycles. The number of methoxy groups -OCH3 is 1.